The molecule has 0 spiro atoms. The molecule has 1 saturated heterocycles. The molecule has 2 heterocycles. The highest BCUT2D eigenvalue weighted by molar-refractivity contribution is 5.78. The molecule has 0 aromatic rings. The van der Waals surface area contributed by atoms with Gasteiger partial charge >= 0.3 is 0 Å². The maximum Gasteiger partial charge on any atom is 0.216 e. The smallest absolute Gasteiger partial charge is 0.216 e. The van der Waals surface area contributed by atoms with Crippen LogP contribution in [0.25, 0.3) is 0 Å². The van der Waals surface area contributed by atoms with Crippen molar-refractivity contribution in [3.63, 3.8) is 0 Å². The van der Waals surface area contributed by atoms with Crippen LogP contribution in [-0.2, 0) is 14.3 Å². The standard InChI is InChI=1S/C31H53N3O3/c1-21-17-30-31(32-5,34(19-21)16-15-33-24(4)35)14-8-11-27-26-10-7-6-9-25(36)13-12-22(2)28(26)18-29(27)23(3)20-37-30/h21-22,26-28,30,32H,6-20H2,1-5H3,(H,33,35). The van der Waals surface area contributed by atoms with Crippen LogP contribution in [0.5, 0.6) is 0 Å². The van der Waals surface area contributed by atoms with Gasteiger partial charge in [-0.1, -0.05) is 25.8 Å². The Morgan fingerprint density at radius 2 is 1.92 bits per heavy atom. The summed E-state index contributed by atoms with van der Waals surface area (Å²) in [6.07, 6.45) is 12.1. The van der Waals surface area contributed by atoms with Gasteiger partial charge in [-0.3, -0.25) is 14.5 Å². The molecular weight excluding hydrogens is 462 g/mol. The van der Waals surface area contributed by atoms with E-state index in [1.165, 1.54) is 37.7 Å². The molecule has 6 heteroatoms. The summed E-state index contributed by atoms with van der Waals surface area (Å²) in [7, 11) is 2.10. The fourth-order valence-corrected chi connectivity index (χ4v) is 8.38. The number of allylic oxidation sites excluding steroid dienone is 1. The summed E-state index contributed by atoms with van der Waals surface area (Å²) in [5, 5.41) is 6.77. The van der Waals surface area contributed by atoms with Crippen molar-refractivity contribution >= 4 is 11.7 Å². The SMILES string of the molecule is CNC12CCCC3C(=C(C)COC1CC(C)CN2CCNC(C)=O)CC1C(C)CCC(=O)CCCCC31. The molecule has 2 aliphatic heterocycles. The van der Waals surface area contributed by atoms with Crippen LogP contribution >= 0.6 is 0 Å². The molecular formula is C31H53N3O3. The number of likely N-dealkylation sites (tertiary alicyclic amines) is 1. The molecule has 3 fully saturated rings. The number of nitrogens with zero attached hydrogens (tertiary/aromatic N) is 1. The second-order valence-corrected chi connectivity index (χ2v) is 12.9. The lowest BCUT2D eigenvalue weighted by Gasteiger charge is -2.54. The second kappa shape index (κ2) is 12.7. The Morgan fingerprint density at radius 1 is 1.11 bits per heavy atom. The van der Waals surface area contributed by atoms with Gasteiger partial charge in [0.2, 0.25) is 5.91 Å². The molecule has 4 aliphatic rings. The van der Waals surface area contributed by atoms with Gasteiger partial charge in [-0.05, 0) is 101 Å². The predicted molar refractivity (Wildman–Crippen MR) is 149 cm³/mol. The van der Waals surface area contributed by atoms with E-state index in [0.29, 0.717) is 36.0 Å². The number of nitrogens with one attached hydrogen (secondary N) is 2. The van der Waals surface area contributed by atoms with Crippen molar-refractivity contribution in [3.05, 3.63) is 11.1 Å². The zero-order valence-corrected chi connectivity index (χ0v) is 24.2. The van der Waals surface area contributed by atoms with Gasteiger partial charge in [0.05, 0.1) is 18.4 Å². The number of hydrogen-bond donors (Lipinski definition) is 2. The van der Waals surface area contributed by atoms with E-state index in [0.717, 1.165) is 64.1 Å². The topological polar surface area (TPSA) is 70.7 Å². The maximum absolute atomic E-state index is 12.3. The molecule has 210 valence electrons. The van der Waals surface area contributed by atoms with Crippen molar-refractivity contribution < 1.29 is 14.3 Å². The first-order valence-electron chi connectivity index (χ1n) is 15.2. The summed E-state index contributed by atoms with van der Waals surface area (Å²) in [6, 6.07) is 0. The van der Waals surface area contributed by atoms with Crippen LogP contribution in [0, 0.1) is 29.6 Å². The molecule has 0 aromatic heterocycles. The average Bonchev–Trinajstić information content (AvgIpc) is 3.22. The Kier molecular flexibility index (Phi) is 9.90. The van der Waals surface area contributed by atoms with E-state index in [4.69, 9.17) is 4.74 Å². The predicted octanol–water partition coefficient (Wildman–Crippen LogP) is 5.08. The van der Waals surface area contributed by atoms with E-state index in [-0.39, 0.29) is 17.7 Å². The summed E-state index contributed by atoms with van der Waals surface area (Å²) in [6.45, 7) is 11.9. The summed E-state index contributed by atoms with van der Waals surface area (Å²) < 4.78 is 6.85. The fourth-order valence-electron chi connectivity index (χ4n) is 8.38. The van der Waals surface area contributed by atoms with E-state index in [2.05, 4.69) is 43.4 Å². The Balaban J connectivity index is 1.57. The first-order chi connectivity index (χ1) is 17.7. The zero-order valence-electron chi connectivity index (χ0n) is 24.2. The number of carbonyl (C=O) groups excluding carboxylic acids is 2. The van der Waals surface area contributed by atoms with E-state index in [9.17, 15) is 9.59 Å². The van der Waals surface area contributed by atoms with Crippen molar-refractivity contribution in [2.24, 2.45) is 29.6 Å². The van der Waals surface area contributed by atoms with E-state index in [1.807, 2.05) is 0 Å². The summed E-state index contributed by atoms with van der Waals surface area (Å²) in [5.74, 6) is 3.80. The lowest BCUT2D eigenvalue weighted by atomic mass is 9.74. The molecule has 6 nitrogen and oxygen atoms in total. The van der Waals surface area contributed by atoms with Crippen LogP contribution < -0.4 is 10.6 Å². The third-order valence-corrected chi connectivity index (χ3v) is 10.4. The number of carbonyl (C=O) groups is 2. The minimum absolute atomic E-state index is 0.0377. The maximum atomic E-state index is 12.3. The van der Waals surface area contributed by atoms with E-state index < -0.39 is 0 Å². The number of likely N-dealkylation sites (N-methyl/N-ethyl adjacent to an activating group) is 1. The highest BCUT2D eigenvalue weighted by atomic mass is 16.5. The van der Waals surface area contributed by atoms with Crippen LogP contribution in [0.3, 0.4) is 0 Å². The summed E-state index contributed by atoms with van der Waals surface area (Å²) in [5.41, 5.74) is 2.96. The van der Waals surface area contributed by atoms with Gasteiger partial charge in [-0.15, -0.1) is 0 Å². The molecule has 2 N–H and O–H groups in total. The van der Waals surface area contributed by atoms with Gasteiger partial charge in [0, 0.05) is 39.4 Å². The van der Waals surface area contributed by atoms with Gasteiger partial charge in [-0.2, -0.15) is 0 Å². The van der Waals surface area contributed by atoms with Crippen LogP contribution in [-0.4, -0.2) is 61.6 Å². The second-order valence-electron chi connectivity index (χ2n) is 12.9. The van der Waals surface area contributed by atoms with Gasteiger partial charge < -0.3 is 15.4 Å². The van der Waals surface area contributed by atoms with Gasteiger partial charge in [0.15, 0.2) is 0 Å². The Morgan fingerprint density at radius 3 is 2.68 bits per heavy atom. The molecule has 0 aromatic carbocycles. The normalized spacial score (nSPS) is 38.4. The van der Waals surface area contributed by atoms with Crippen molar-refractivity contribution in [1.29, 1.82) is 0 Å². The molecule has 4 rings (SSSR count). The van der Waals surface area contributed by atoms with Crippen molar-refractivity contribution in [1.82, 2.24) is 15.5 Å². The molecule has 1 amide bonds. The largest absolute Gasteiger partial charge is 0.371 e. The van der Waals surface area contributed by atoms with Crippen molar-refractivity contribution in [3.8, 4) is 0 Å². The lowest BCUT2D eigenvalue weighted by Crippen LogP contribution is -2.70. The quantitative estimate of drug-likeness (QED) is 0.511. The first kappa shape index (κ1) is 28.8. The summed E-state index contributed by atoms with van der Waals surface area (Å²) in [4.78, 5) is 26.4. The number of hydrogen-bond acceptors (Lipinski definition) is 5. The number of amides is 1. The number of ketones is 1. The molecule has 37 heavy (non-hydrogen) atoms. The van der Waals surface area contributed by atoms with Crippen LogP contribution in [0.1, 0.15) is 98.3 Å². The molecule has 7 atom stereocenters. The molecule has 2 saturated carbocycles. The van der Waals surface area contributed by atoms with Crippen molar-refractivity contribution in [2.45, 2.75) is 110 Å². The number of Topliss-reactive ketones (excluding diaryl/α,β-unsaturated/α-hetero) is 1. The highest BCUT2D eigenvalue weighted by Gasteiger charge is 2.49. The van der Waals surface area contributed by atoms with Gasteiger partial charge in [0.1, 0.15) is 5.78 Å². The Labute approximate surface area is 225 Å². The fraction of sp³-hybridized carbons (Fsp3) is 0.871. The Hall–Kier alpha value is -1.24. The molecule has 7 unspecified atom stereocenters. The summed E-state index contributed by atoms with van der Waals surface area (Å²) >= 11 is 0. The van der Waals surface area contributed by atoms with Crippen LogP contribution in [0.2, 0.25) is 0 Å². The number of ether oxygens (including phenoxy) is 1. The third kappa shape index (κ3) is 6.50. The zero-order chi connectivity index (χ0) is 26.6. The Bertz CT molecular complexity index is 842. The molecule has 0 bridgehead atoms. The molecule has 0 radical (unpaired) electrons. The number of piperidine rings is 1. The molecule has 2 aliphatic carbocycles. The first-order valence-corrected chi connectivity index (χ1v) is 15.2. The minimum Gasteiger partial charge on any atom is -0.371 e. The van der Waals surface area contributed by atoms with Crippen LogP contribution in [0.15, 0.2) is 11.1 Å². The number of rotatable bonds is 4. The van der Waals surface area contributed by atoms with E-state index in [1.54, 1.807) is 12.5 Å². The van der Waals surface area contributed by atoms with Gasteiger partial charge in [-0.25, -0.2) is 0 Å². The van der Waals surface area contributed by atoms with Crippen molar-refractivity contribution in [2.75, 3.05) is 33.3 Å². The number of fused-ring (bicyclic) bond motifs is 4. The lowest BCUT2D eigenvalue weighted by molar-refractivity contribution is -0.131. The van der Waals surface area contributed by atoms with Gasteiger partial charge in [0.25, 0.3) is 0 Å². The van der Waals surface area contributed by atoms with E-state index >= 15 is 0 Å². The average molecular weight is 516 g/mol. The van der Waals surface area contributed by atoms with Crippen LogP contribution in [0.4, 0.5) is 0 Å². The minimum atomic E-state index is -0.190. The third-order valence-electron chi connectivity index (χ3n) is 10.4. The monoisotopic (exact) mass is 515 g/mol. The highest BCUT2D eigenvalue weighted by Crippen LogP contribution is 2.52.